The maximum Gasteiger partial charge on any atom is 0.261 e. The van der Waals surface area contributed by atoms with Crippen molar-refractivity contribution in [1.29, 1.82) is 0 Å². The molecule has 1 heterocycles. The minimum atomic E-state index is -3.62. The van der Waals surface area contributed by atoms with Crippen LogP contribution in [0.25, 0.3) is 0 Å². The van der Waals surface area contributed by atoms with Gasteiger partial charge in [-0.3, -0.25) is 14.4 Å². The molecule has 6 nitrogen and oxygen atoms in total. The van der Waals surface area contributed by atoms with Gasteiger partial charge < -0.3 is 4.90 Å². The molecule has 7 heteroatoms. The standard InChI is InChI=1S/C23H27N3O3S/c1-2-23(27)26-13-11-25(12-14-26)17-18-5-3-8-21(15-18)24-30(28,29)22-10-9-19-6-4-7-20(19)16-22/h2-3,5,8-10,15-16,24H,1,4,6-7,11-14,17H2. The molecule has 1 saturated heterocycles. The first-order chi connectivity index (χ1) is 14.4. The van der Waals surface area contributed by atoms with Crippen LogP contribution in [0.1, 0.15) is 23.1 Å². The predicted octanol–water partition coefficient (Wildman–Crippen LogP) is 2.81. The predicted molar refractivity (Wildman–Crippen MR) is 118 cm³/mol. The normalized spacial score (nSPS) is 16.9. The highest BCUT2D eigenvalue weighted by atomic mass is 32.2. The van der Waals surface area contributed by atoms with E-state index in [9.17, 15) is 13.2 Å². The average Bonchev–Trinajstić information content (AvgIpc) is 3.22. The zero-order valence-electron chi connectivity index (χ0n) is 17.0. The number of hydrogen-bond donors (Lipinski definition) is 1. The lowest BCUT2D eigenvalue weighted by Crippen LogP contribution is -2.47. The van der Waals surface area contributed by atoms with Gasteiger partial charge in [0.2, 0.25) is 5.91 Å². The Hall–Kier alpha value is -2.64. The number of nitrogens with one attached hydrogen (secondary N) is 1. The Morgan fingerprint density at radius 1 is 1.03 bits per heavy atom. The average molecular weight is 426 g/mol. The highest BCUT2D eigenvalue weighted by Gasteiger charge is 2.21. The summed E-state index contributed by atoms with van der Waals surface area (Å²) in [5.74, 6) is -0.0300. The molecule has 30 heavy (non-hydrogen) atoms. The molecule has 0 aromatic heterocycles. The number of hydrogen-bond acceptors (Lipinski definition) is 4. The molecule has 2 aliphatic rings. The van der Waals surface area contributed by atoms with Crippen molar-refractivity contribution >= 4 is 21.6 Å². The fourth-order valence-electron chi connectivity index (χ4n) is 4.18. The number of carbonyl (C=O) groups excluding carboxylic acids is 1. The van der Waals surface area contributed by atoms with Crippen molar-refractivity contribution < 1.29 is 13.2 Å². The zero-order valence-corrected chi connectivity index (χ0v) is 17.8. The lowest BCUT2D eigenvalue weighted by molar-refractivity contribution is -0.127. The van der Waals surface area contributed by atoms with Crippen LogP contribution < -0.4 is 4.72 Å². The van der Waals surface area contributed by atoms with Crippen LogP contribution in [0, 0.1) is 0 Å². The van der Waals surface area contributed by atoms with E-state index in [2.05, 4.69) is 16.2 Å². The number of rotatable bonds is 6. The van der Waals surface area contributed by atoms with Gasteiger partial charge in [0.25, 0.3) is 10.0 Å². The van der Waals surface area contributed by atoms with Crippen LogP contribution >= 0.6 is 0 Å². The van der Waals surface area contributed by atoms with Crippen molar-refractivity contribution in [2.24, 2.45) is 0 Å². The van der Waals surface area contributed by atoms with Crippen molar-refractivity contribution in [3.05, 3.63) is 71.8 Å². The molecule has 0 spiro atoms. The van der Waals surface area contributed by atoms with Gasteiger partial charge in [0, 0.05) is 38.4 Å². The van der Waals surface area contributed by atoms with Crippen LogP contribution in [0.4, 0.5) is 5.69 Å². The molecule has 1 N–H and O–H groups in total. The molecular weight excluding hydrogens is 398 g/mol. The van der Waals surface area contributed by atoms with Crippen molar-refractivity contribution in [3.63, 3.8) is 0 Å². The molecule has 1 aliphatic carbocycles. The van der Waals surface area contributed by atoms with Gasteiger partial charge in [-0.25, -0.2) is 8.42 Å². The number of sulfonamides is 1. The van der Waals surface area contributed by atoms with E-state index >= 15 is 0 Å². The second kappa shape index (κ2) is 8.62. The van der Waals surface area contributed by atoms with Crippen LogP contribution in [-0.4, -0.2) is 50.3 Å². The first-order valence-corrected chi connectivity index (χ1v) is 11.8. The maximum absolute atomic E-state index is 12.9. The second-order valence-electron chi connectivity index (χ2n) is 7.90. The van der Waals surface area contributed by atoms with E-state index in [4.69, 9.17) is 0 Å². The zero-order chi connectivity index (χ0) is 21.1. The van der Waals surface area contributed by atoms with Gasteiger partial charge >= 0.3 is 0 Å². The molecule has 0 bridgehead atoms. The monoisotopic (exact) mass is 425 g/mol. The Morgan fingerprint density at radius 3 is 2.57 bits per heavy atom. The second-order valence-corrected chi connectivity index (χ2v) is 9.58. The summed E-state index contributed by atoms with van der Waals surface area (Å²) < 4.78 is 28.5. The number of benzene rings is 2. The van der Waals surface area contributed by atoms with Gasteiger partial charge in [-0.15, -0.1) is 0 Å². The van der Waals surface area contributed by atoms with Crippen molar-refractivity contribution in [2.45, 2.75) is 30.7 Å². The van der Waals surface area contributed by atoms with E-state index in [1.807, 2.05) is 24.3 Å². The molecule has 2 aromatic carbocycles. The Labute approximate surface area is 178 Å². The molecule has 158 valence electrons. The van der Waals surface area contributed by atoms with Crippen LogP contribution in [0.2, 0.25) is 0 Å². The van der Waals surface area contributed by atoms with Gasteiger partial charge in [-0.2, -0.15) is 0 Å². The third-order valence-corrected chi connectivity index (χ3v) is 7.20. The third-order valence-electron chi connectivity index (χ3n) is 5.82. The minimum absolute atomic E-state index is 0.0300. The molecular formula is C23H27N3O3S. The maximum atomic E-state index is 12.9. The topological polar surface area (TPSA) is 69.7 Å². The van der Waals surface area contributed by atoms with E-state index in [1.54, 1.807) is 23.1 Å². The number of fused-ring (bicyclic) bond motifs is 1. The molecule has 0 atom stereocenters. The van der Waals surface area contributed by atoms with E-state index < -0.39 is 10.0 Å². The fraction of sp³-hybridized carbons (Fsp3) is 0.348. The molecule has 1 aliphatic heterocycles. The highest BCUT2D eigenvalue weighted by Crippen LogP contribution is 2.26. The number of anilines is 1. The van der Waals surface area contributed by atoms with E-state index in [1.165, 1.54) is 11.6 Å². The van der Waals surface area contributed by atoms with Gasteiger partial charge in [-0.1, -0.05) is 24.8 Å². The Kier molecular flexibility index (Phi) is 5.92. The molecule has 0 saturated carbocycles. The summed E-state index contributed by atoms with van der Waals surface area (Å²) in [5, 5.41) is 0. The molecule has 1 amide bonds. The first-order valence-electron chi connectivity index (χ1n) is 10.3. The van der Waals surface area contributed by atoms with Crippen LogP contribution in [0.5, 0.6) is 0 Å². The Bertz CT molecular complexity index is 1060. The molecule has 4 rings (SSSR count). The number of amides is 1. The summed E-state index contributed by atoms with van der Waals surface area (Å²) in [4.78, 5) is 16.1. The summed E-state index contributed by atoms with van der Waals surface area (Å²) >= 11 is 0. The summed E-state index contributed by atoms with van der Waals surface area (Å²) in [7, 11) is -3.62. The summed E-state index contributed by atoms with van der Waals surface area (Å²) in [6.07, 6.45) is 4.41. The summed E-state index contributed by atoms with van der Waals surface area (Å²) in [6.45, 7) is 7.17. The van der Waals surface area contributed by atoms with Crippen LogP contribution in [0.3, 0.4) is 0 Å². The first kappa shape index (κ1) is 20.6. The minimum Gasteiger partial charge on any atom is -0.337 e. The summed E-state index contributed by atoms with van der Waals surface area (Å²) in [6, 6.07) is 13.0. The molecule has 0 radical (unpaired) electrons. The van der Waals surface area contributed by atoms with E-state index in [0.29, 0.717) is 30.2 Å². The lowest BCUT2D eigenvalue weighted by Gasteiger charge is -2.34. The lowest BCUT2D eigenvalue weighted by atomic mass is 10.1. The molecule has 0 unspecified atom stereocenters. The smallest absolute Gasteiger partial charge is 0.261 e. The summed E-state index contributed by atoms with van der Waals surface area (Å²) in [5.41, 5.74) is 3.99. The van der Waals surface area contributed by atoms with Crippen molar-refractivity contribution in [1.82, 2.24) is 9.80 Å². The largest absolute Gasteiger partial charge is 0.337 e. The van der Waals surface area contributed by atoms with Gasteiger partial charge in [-0.05, 0) is 66.3 Å². The number of nitrogens with zero attached hydrogens (tertiary/aromatic N) is 2. The van der Waals surface area contributed by atoms with Crippen molar-refractivity contribution in [2.75, 3.05) is 30.9 Å². The van der Waals surface area contributed by atoms with Crippen molar-refractivity contribution in [3.8, 4) is 0 Å². The SMILES string of the molecule is C=CC(=O)N1CCN(Cc2cccc(NS(=O)(=O)c3ccc4c(c3)CCC4)c2)CC1. The number of aryl methyl sites for hydroxylation is 2. The van der Waals surface area contributed by atoms with E-state index in [0.717, 1.165) is 43.5 Å². The number of carbonyl (C=O) groups is 1. The Morgan fingerprint density at radius 2 is 1.80 bits per heavy atom. The molecule has 2 aromatic rings. The van der Waals surface area contributed by atoms with Gasteiger partial charge in [0.05, 0.1) is 4.90 Å². The highest BCUT2D eigenvalue weighted by molar-refractivity contribution is 7.92. The van der Waals surface area contributed by atoms with Gasteiger partial charge in [0.1, 0.15) is 0 Å². The molecule has 1 fully saturated rings. The quantitative estimate of drug-likeness (QED) is 0.723. The van der Waals surface area contributed by atoms with E-state index in [-0.39, 0.29) is 5.91 Å². The third kappa shape index (κ3) is 4.57. The Balaban J connectivity index is 1.41. The van der Waals surface area contributed by atoms with Gasteiger partial charge in [0.15, 0.2) is 0 Å². The van der Waals surface area contributed by atoms with Crippen LogP contribution in [-0.2, 0) is 34.2 Å². The van der Waals surface area contributed by atoms with Crippen LogP contribution in [0.15, 0.2) is 60.0 Å². The fourth-order valence-corrected chi connectivity index (χ4v) is 5.28. The number of piperazine rings is 1.